The highest BCUT2D eigenvalue weighted by molar-refractivity contribution is 6.05. The highest BCUT2D eigenvalue weighted by Crippen LogP contribution is 2.26. The van der Waals surface area contributed by atoms with Gasteiger partial charge >= 0.3 is 5.97 Å². The van der Waals surface area contributed by atoms with Crippen LogP contribution in [0, 0.1) is 6.92 Å². The number of nitrogens with zero attached hydrogens (tertiary/aromatic N) is 2. The number of carbonyl (C=O) groups excluding carboxylic acids is 3. The van der Waals surface area contributed by atoms with Gasteiger partial charge in [-0.2, -0.15) is 0 Å². The highest BCUT2D eigenvalue weighted by Gasteiger charge is 2.20. The van der Waals surface area contributed by atoms with Crippen molar-refractivity contribution in [3.63, 3.8) is 0 Å². The van der Waals surface area contributed by atoms with E-state index >= 15 is 0 Å². The lowest BCUT2D eigenvalue weighted by molar-refractivity contribution is -0.138. The predicted octanol–water partition coefficient (Wildman–Crippen LogP) is 2.94. The zero-order valence-electron chi connectivity index (χ0n) is 17.8. The Morgan fingerprint density at radius 2 is 1.90 bits per heavy atom. The van der Waals surface area contributed by atoms with Crippen molar-refractivity contribution in [1.29, 1.82) is 0 Å². The monoisotopic (exact) mass is 423 g/mol. The summed E-state index contributed by atoms with van der Waals surface area (Å²) >= 11 is 0. The SMILES string of the molecule is CCNC(=O)CN(CC)C(=O)COC(=O)c1cc(-c2ccc(C)o2)nc2ccccc12. The lowest BCUT2D eigenvalue weighted by Gasteiger charge is -2.20. The van der Waals surface area contributed by atoms with E-state index in [4.69, 9.17) is 9.15 Å². The van der Waals surface area contributed by atoms with Crippen LogP contribution in [0.2, 0.25) is 0 Å². The van der Waals surface area contributed by atoms with Gasteiger partial charge in [0.15, 0.2) is 12.4 Å². The van der Waals surface area contributed by atoms with Crippen LogP contribution in [0.5, 0.6) is 0 Å². The van der Waals surface area contributed by atoms with Crippen molar-refractivity contribution in [1.82, 2.24) is 15.2 Å². The molecule has 2 aromatic heterocycles. The van der Waals surface area contributed by atoms with Gasteiger partial charge in [-0.1, -0.05) is 18.2 Å². The molecule has 0 atom stereocenters. The Labute approximate surface area is 180 Å². The highest BCUT2D eigenvalue weighted by atomic mass is 16.5. The zero-order valence-corrected chi connectivity index (χ0v) is 17.8. The summed E-state index contributed by atoms with van der Waals surface area (Å²) in [6, 6.07) is 12.4. The molecule has 1 N–H and O–H groups in total. The third-order valence-electron chi connectivity index (χ3n) is 4.70. The molecule has 0 bridgehead atoms. The van der Waals surface area contributed by atoms with E-state index in [-0.39, 0.29) is 18.0 Å². The maximum atomic E-state index is 12.9. The van der Waals surface area contributed by atoms with Gasteiger partial charge in [0.05, 0.1) is 17.6 Å². The molecule has 0 aliphatic rings. The fraction of sp³-hybridized carbons (Fsp3) is 0.304. The van der Waals surface area contributed by atoms with Gasteiger partial charge in [-0.3, -0.25) is 9.59 Å². The number of pyridine rings is 1. The average Bonchev–Trinajstić information content (AvgIpc) is 3.21. The fourth-order valence-electron chi connectivity index (χ4n) is 3.14. The first-order chi connectivity index (χ1) is 14.9. The molecule has 0 saturated carbocycles. The number of likely N-dealkylation sites (N-methyl/N-ethyl adjacent to an activating group) is 2. The second kappa shape index (κ2) is 9.88. The van der Waals surface area contributed by atoms with Crippen molar-refractivity contribution in [2.24, 2.45) is 0 Å². The third-order valence-corrected chi connectivity index (χ3v) is 4.70. The number of benzene rings is 1. The Bertz CT molecular complexity index is 1110. The van der Waals surface area contributed by atoms with Crippen LogP contribution in [0.25, 0.3) is 22.4 Å². The smallest absolute Gasteiger partial charge is 0.339 e. The summed E-state index contributed by atoms with van der Waals surface area (Å²) in [6.07, 6.45) is 0. The molecule has 31 heavy (non-hydrogen) atoms. The summed E-state index contributed by atoms with van der Waals surface area (Å²) in [7, 11) is 0. The van der Waals surface area contributed by atoms with Crippen LogP contribution >= 0.6 is 0 Å². The molecule has 1 aromatic carbocycles. The minimum absolute atomic E-state index is 0.0824. The molecule has 0 radical (unpaired) electrons. The average molecular weight is 423 g/mol. The van der Waals surface area contributed by atoms with E-state index in [1.54, 1.807) is 44.2 Å². The Kier molecular flexibility index (Phi) is 7.02. The summed E-state index contributed by atoms with van der Waals surface area (Å²) in [5.41, 5.74) is 1.39. The summed E-state index contributed by atoms with van der Waals surface area (Å²) in [5.74, 6) is -0.0886. The molecule has 162 valence electrons. The summed E-state index contributed by atoms with van der Waals surface area (Å²) in [5, 5.41) is 3.26. The number of furan rings is 1. The van der Waals surface area contributed by atoms with Crippen LogP contribution < -0.4 is 5.32 Å². The normalized spacial score (nSPS) is 10.7. The summed E-state index contributed by atoms with van der Waals surface area (Å²) < 4.78 is 10.9. The van der Waals surface area contributed by atoms with Crippen molar-refractivity contribution >= 4 is 28.7 Å². The Morgan fingerprint density at radius 3 is 2.58 bits per heavy atom. The molecular weight excluding hydrogens is 398 g/mol. The van der Waals surface area contributed by atoms with Crippen LogP contribution in [0.3, 0.4) is 0 Å². The molecule has 8 heteroatoms. The molecule has 3 aromatic rings. The summed E-state index contributed by atoms with van der Waals surface area (Å²) in [6.45, 7) is 5.65. The Balaban J connectivity index is 1.80. The van der Waals surface area contributed by atoms with E-state index in [1.807, 2.05) is 19.1 Å². The number of rotatable bonds is 8. The number of ether oxygens (including phenoxy) is 1. The van der Waals surface area contributed by atoms with Crippen molar-refractivity contribution in [2.75, 3.05) is 26.2 Å². The number of amides is 2. The molecule has 0 unspecified atom stereocenters. The van der Waals surface area contributed by atoms with Crippen molar-refractivity contribution in [2.45, 2.75) is 20.8 Å². The molecule has 0 spiro atoms. The lowest BCUT2D eigenvalue weighted by Crippen LogP contribution is -2.42. The van der Waals surface area contributed by atoms with E-state index in [0.717, 1.165) is 5.76 Å². The van der Waals surface area contributed by atoms with Crippen molar-refractivity contribution < 1.29 is 23.5 Å². The Morgan fingerprint density at radius 1 is 1.13 bits per heavy atom. The maximum absolute atomic E-state index is 12.9. The predicted molar refractivity (Wildman–Crippen MR) is 115 cm³/mol. The molecule has 2 amide bonds. The molecule has 0 aliphatic heterocycles. The molecular formula is C23H25N3O5. The largest absolute Gasteiger partial charge is 0.460 e. The number of hydrogen-bond donors (Lipinski definition) is 1. The first-order valence-electron chi connectivity index (χ1n) is 10.1. The quantitative estimate of drug-likeness (QED) is 0.559. The summed E-state index contributed by atoms with van der Waals surface area (Å²) in [4.78, 5) is 43.0. The number of carbonyl (C=O) groups is 3. The van der Waals surface area contributed by atoms with Crippen LogP contribution in [-0.4, -0.2) is 53.9 Å². The van der Waals surface area contributed by atoms with Gasteiger partial charge in [0.1, 0.15) is 11.5 Å². The third kappa shape index (κ3) is 5.28. The number of nitrogens with one attached hydrogen (secondary N) is 1. The molecule has 0 saturated heterocycles. The standard InChI is InChI=1S/C23H25N3O5/c1-4-24-21(27)13-26(5-2)22(28)14-30-23(29)17-12-19(20-11-10-15(3)31-20)25-18-9-7-6-8-16(17)18/h6-12H,4-5,13-14H2,1-3H3,(H,24,27). The first-order valence-corrected chi connectivity index (χ1v) is 10.1. The van der Waals surface area contributed by atoms with Crippen LogP contribution in [0.4, 0.5) is 0 Å². The topological polar surface area (TPSA) is 102 Å². The fourth-order valence-corrected chi connectivity index (χ4v) is 3.14. The van der Waals surface area contributed by atoms with Gasteiger partial charge in [-0.25, -0.2) is 9.78 Å². The van der Waals surface area contributed by atoms with E-state index in [2.05, 4.69) is 10.3 Å². The first kappa shape index (κ1) is 22.0. The molecule has 2 heterocycles. The van der Waals surface area contributed by atoms with Gasteiger partial charge in [-0.05, 0) is 45.0 Å². The van der Waals surface area contributed by atoms with Gasteiger partial charge in [0.25, 0.3) is 5.91 Å². The number of aryl methyl sites for hydroxylation is 1. The van der Waals surface area contributed by atoms with Crippen LogP contribution in [0.15, 0.2) is 46.9 Å². The minimum Gasteiger partial charge on any atom is -0.460 e. The van der Waals surface area contributed by atoms with Gasteiger partial charge in [0.2, 0.25) is 5.91 Å². The number of esters is 1. The second-order valence-corrected chi connectivity index (χ2v) is 6.92. The molecule has 8 nitrogen and oxygen atoms in total. The van der Waals surface area contributed by atoms with Gasteiger partial charge < -0.3 is 19.4 Å². The van der Waals surface area contributed by atoms with Crippen LogP contribution in [-0.2, 0) is 14.3 Å². The van der Waals surface area contributed by atoms with E-state index in [0.29, 0.717) is 35.4 Å². The molecule has 0 fully saturated rings. The lowest BCUT2D eigenvalue weighted by atomic mass is 10.1. The van der Waals surface area contributed by atoms with Crippen LogP contribution in [0.1, 0.15) is 30.0 Å². The van der Waals surface area contributed by atoms with Gasteiger partial charge in [-0.15, -0.1) is 0 Å². The van der Waals surface area contributed by atoms with Crippen molar-refractivity contribution in [3.05, 3.63) is 53.8 Å². The molecule has 3 rings (SSSR count). The zero-order chi connectivity index (χ0) is 22.4. The maximum Gasteiger partial charge on any atom is 0.339 e. The number of aromatic nitrogens is 1. The second-order valence-electron chi connectivity index (χ2n) is 6.92. The molecule has 0 aliphatic carbocycles. The minimum atomic E-state index is -0.648. The number of fused-ring (bicyclic) bond motifs is 1. The van der Waals surface area contributed by atoms with E-state index < -0.39 is 18.5 Å². The Hall–Kier alpha value is -3.68. The van der Waals surface area contributed by atoms with E-state index in [9.17, 15) is 14.4 Å². The van der Waals surface area contributed by atoms with E-state index in [1.165, 1.54) is 4.90 Å². The number of hydrogen-bond acceptors (Lipinski definition) is 6. The van der Waals surface area contributed by atoms with Gasteiger partial charge in [0, 0.05) is 18.5 Å². The number of para-hydroxylation sites is 1. The van der Waals surface area contributed by atoms with Crippen molar-refractivity contribution in [3.8, 4) is 11.5 Å².